The largest absolute Gasteiger partial charge is 0.426 e. The summed E-state index contributed by atoms with van der Waals surface area (Å²) in [5.41, 5.74) is 0.459. The number of nitrogens with two attached hydrogens (primary N) is 1. The lowest BCUT2D eigenvalue weighted by atomic mass is 10.0. The summed E-state index contributed by atoms with van der Waals surface area (Å²) in [6, 6.07) is 4.88. The van der Waals surface area contributed by atoms with Crippen LogP contribution < -0.4 is 9.88 Å². The Kier molecular flexibility index (Phi) is 4.16. The van der Waals surface area contributed by atoms with E-state index >= 15 is 0 Å². The van der Waals surface area contributed by atoms with Crippen LogP contribution in [0.1, 0.15) is 32.1 Å². The molecular weight excluding hydrogens is 324 g/mol. The predicted octanol–water partition coefficient (Wildman–Crippen LogP) is 2.43. The number of ether oxygens (including phenoxy) is 1. The van der Waals surface area contributed by atoms with Crippen LogP contribution in [0.3, 0.4) is 0 Å². The third kappa shape index (κ3) is 3.45. The molecule has 22 heavy (non-hydrogen) atoms. The van der Waals surface area contributed by atoms with E-state index in [0.29, 0.717) is 28.3 Å². The van der Waals surface area contributed by atoms with Gasteiger partial charge in [-0.1, -0.05) is 12.8 Å². The third-order valence-corrected chi connectivity index (χ3v) is 6.10. The van der Waals surface area contributed by atoms with Crippen molar-refractivity contribution in [3.63, 3.8) is 0 Å². The molecule has 0 bridgehead atoms. The summed E-state index contributed by atoms with van der Waals surface area (Å²) in [6.45, 7) is 0. The van der Waals surface area contributed by atoms with Crippen molar-refractivity contribution in [3.8, 4) is 5.75 Å². The highest BCUT2D eigenvalue weighted by Crippen LogP contribution is 2.30. The molecule has 1 aliphatic rings. The summed E-state index contributed by atoms with van der Waals surface area (Å²) in [5.74, 6) is 0.541. The molecule has 3 rings (SSSR count). The maximum atomic E-state index is 11.9. The van der Waals surface area contributed by atoms with Crippen LogP contribution in [0.25, 0.3) is 10.2 Å². The van der Waals surface area contributed by atoms with Crippen LogP contribution in [0.4, 0.5) is 0 Å². The molecule has 1 saturated carbocycles. The molecule has 6 nitrogen and oxygen atoms in total. The minimum atomic E-state index is -3.82. The molecule has 1 fully saturated rings. The Hall–Kier alpha value is -1.51. The fourth-order valence-electron chi connectivity index (χ4n) is 2.69. The average Bonchev–Trinajstić information content (AvgIpc) is 3.06. The molecule has 0 amide bonds. The van der Waals surface area contributed by atoms with Crippen molar-refractivity contribution in [2.45, 2.75) is 36.4 Å². The summed E-state index contributed by atoms with van der Waals surface area (Å²) >= 11 is 0.993. The Morgan fingerprint density at radius 2 is 2.09 bits per heavy atom. The maximum Gasteiger partial charge on any atom is 0.311 e. The highest BCUT2D eigenvalue weighted by atomic mass is 32.2. The summed E-state index contributed by atoms with van der Waals surface area (Å²) < 4.78 is 28.5. The van der Waals surface area contributed by atoms with Gasteiger partial charge in [-0.25, -0.2) is 18.5 Å². The van der Waals surface area contributed by atoms with Crippen LogP contribution in [0.15, 0.2) is 22.5 Å². The highest BCUT2D eigenvalue weighted by molar-refractivity contribution is 7.91. The van der Waals surface area contributed by atoms with Crippen LogP contribution in [-0.2, 0) is 14.8 Å². The second kappa shape index (κ2) is 5.94. The molecule has 2 aromatic rings. The second-order valence-corrected chi connectivity index (χ2v) is 8.25. The molecule has 8 heteroatoms. The molecule has 1 aromatic carbocycles. The molecule has 118 valence electrons. The molecule has 1 aliphatic carbocycles. The van der Waals surface area contributed by atoms with Gasteiger partial charge in [0.1, 0.15) is 5.75 Å². The summed E-state index contributed by atoms with van der Waals surface area (Å²) in [4.78, 5) is 15.9. The Morgan fingerprint density at radius 1 is 1.36 bits per heavy atom. The number of sulfonamides is 1. The first-order valence-corrected chi connectivity index (χ1v) is 9.42. The first-order valence-electron chi connectivity index (χ1n) is 7.06. The van der Waals surface area contributed by atoms with Gasteiger partial charge in [-0.3, -0.25) is 4.79 Å². The van der Waals surface area contributed by atoms with Gasteiger partial charge in [0.2, 0.25) is 4.34 Å². The quantitative estimate of drug-likeness (QED) is 0.680. The first-order chi connectivity index (χ1) is 10.4. The van der Waals surface area contributed by atoms with E-state index in [4.69, 9.17) is 9.88 Å². The van der Waals surface area contributed by atoms with Gasteiger partial charge in [0.15, 0.2) is 0 Å². The monoisotopic (exact) mass is 340 g/mol. The van der Waals surface area contributed by atoms with Gasteiger partial charge in [0.05, 0.1) is 10.2 Å². The smallest absolute Gasteiger partial charge is 0.311 e. The fraction of sp³-hybridized carbons (Fsp3) is 0.429. The molecule has 0 atom stereocenters. The number of rotatable bonds is 4. The zero-order valence-electron chi connectivity index (χ0n) is 11.8. The van der Waals surface area contributed by atoms with E-state index in [1.54, 1.807) is 18.2 Å². The normalized spacial score (nSPS) is 16.2. The number of esters is 1. The lowest BCUT2D eigenvalue weighted by molar-refractivity contribution is -0.135. The SMILES string of the molecule is NS(=O)(=O)c1nc2cc(OC(=O)CC3CCCC3)ccc2s1. The third-order valence-electron chi connectivity index (χ3n) is 3.74. The molecule has 1 heterocycles. The molecule has 0 unspecified atom stereocenters. The van der Waals surface area contributed by atoms with E-state index < -0.39 is 10.0 Å². The number of carbonyl (C=O) groups is 1. The van der Waals surface area contributed by atoms with E-state index in [-0.39, 0.29) is 10.3 Å². The summed E-state index contributed by atoms with van der Waals surface area (Å²) in [6.07, 6.45) is 4.95. The lowest BCUT2D eigenvalue weighted by Gasteiger charge is -2.08. The van der Waals surface area contributed by atoms with Crippen LogP contribution in [0, 0.1) is 5.92 Å². The van der Waals surface area contributed by atoms with E-state index in [1.807, 2.05) is 0 Å². The van der Waals surface area contributed by atoms with E-state index in [9.17, 15) is 13.2 Å². The van der Waals surface area contributed by atoms with Crippen molar-refractivity contribution in [2.75, 3.05) is 0 Å². The van der Waals surface area contributed by atoms with Gasteiger partial charge in [0.25, 0.3) is 10.0 Å². The minimum Gasteiger partial charge on any atom is -0.426 e. The highest BCUT2D eigenvalue weighted by Gasteiger charge is 2.20. The Bertz CT molecular complexity index is 807. The average molecular weight is 340 g/mol. The number of benzene rings is 1. The topological polar surface area (TPSA) is 99.4 Å². The zero-order valence-corrected chi connectivity index (χ0v) is 13.5. The Morgan fingerprint density at radius 3 is 2.77 bits per heavy atom. The van der Waals surface area contributed by atoms with Gasteiger partial charge >= 0.3 is 5.97 Å². The van der Waals surface area contributed by atoms with E-state index in [0.717, 1.165) is 24.2 Å². The standard InChI is InChI=1S/C14H16N2O4S2/c15-22(18,19)14-16-11-8-10(5-6-12(11)21-14)20-13(17)7-9-3-1-2-4-9/h5-6,8-9H,1-4,7H2,(H2,15,18,19). The zero-order chi connectivity index (χ0) is 15.7. The Balaban J connectivity index is 1.75. The molecule has 0 spiro atoms. The molecule has 0 saturated heterocycles. The first kappa shape index (κ1) is 15.4. The van der Waals surface area contributed by atoms with E-state index in [1.165, 1.54) is 12.8 Å². The van der Waals surface area contributed by atoms with Crippen molar-refractivity contribution in [3.05, 3.63) is 18.2 Å². The summed E-state index contributed by atoms with van der Waals surface area (Å²) in [5, 5.41) is 5.07. The van der Waals surface area contributed by atoms with Gasteiger partial charge in [-0.05, 0) is 30.9 Å². The van der Waals surface area contributed by atoms with Crippen LogP contribution in [0.5, 0.6) is 5.75 Å². The predicted molar refractivity (Wildman–Crippen MR) is 83.2 cm³/mol. The number of primary sulfonamides is 1. The van der Waals surface area contributed by atoms with Crippen molar-refractivity contribution in [2.24, 2.45) is 11.1 Å². The summed E-state index contributed by atoms with van der Waals surface area (Å²) in [7, 11) is -3.82. The number of aromatic nitrogens is 1. The number of hydrogen-bond acceptors (Lipinski definition) is 6. The molecule has 0 radical (unpaired) electrons. The number of carbonyl (C=O) groups excluding carboxylic acids is 1. The van der Waals surface area contributed by atoms with Gasteiger partial charge < -0.3 is 4.74 Å². The van der Waals surface area contributed by atoms with Crippen molar-refractivity contribution >= 4 is 37.5 Å². The fourth-order valence-corrected chi connectivity index (χ4v) is 4.33. The van der Waals surface area contributed by atoms with E-state index in [2.05, 4.69) is 4.98 Å². The molecule has 1 aromatic heterocycles. The van der Waals surface area contributed by atoms with Gasteiger partial charge in [-0.15, -0.1) is 11.3 Å². The maximum absolute atomic E-state index is 11.9. The lowest BCUT2D eigenvalue weighted by Crippen LogP contribution is -2.12. The van der Waals surface area contributed by atoms with Crippen LogP contribution in [0.2, 0.25) is 0 Å². The number of fused-ring (bicyclic) bond motifs is 1. The van der Waals surface area contributed by atoms with Gasteiger partial charge in [0, 0.05) is 12.5 Å². The number of hydrogen-bond donors (Lipinski definition) is 1. The minimum absolute atomic E-state index is 0.142. The molecule has 2 N–H and O–H groups in total. The number of nitrogens with zero attached hydrogens (tertiary/aromatic N) is 1. The molecular formula is C14H16N2O4S2. The van der Waals surface area contributed by atoms with Crippen molar-refractivity contribution in [1.29, 1.82) is 0 Å². The number of thiazole rings is 1. The van der Waals surface area contributed by atoms with Crippen molar-refractivity contribution < 1.29 is 17.9 Å². The Labute approximate surface area is 132 Å². The molecule has 0 aliphatic heterocycles. The van der Waals surface area contributed by atoms with Crippen molar-refractivity contribution in [1.82, 2.24) is 4.98 Å². The van der Waals surface area contributed by atoms with Crippen LogP contribution >= 0.6 is 11.3 Å². The van der Waals surface area contributed by atoms with Crippen LogP contribution in [-0.4, -0.2) is 19.4 Å². The second-order valence-electron chi connectivity index (χ2n) is 5.48. The van der Waals surface area contributed by atoms with Gasteiger partial charge in [-0.2, -0.15) is 0 Å².